The van der Waals surface area contributed by atoms with Crippen LogP contribution in [-0.2, 0) is 20.8 Å². The van der Waals surface area contributed by atoms with E-state index in [0.717, 1.165) is 0 Å². The summed E-state index contributed by atoms with van der Waals surface area (Å²) < 4.78 is 17.7. The Morgan fingerprint density at radius 2 is 2.44 bits per heavy atom. The first-order chi connectivity index (χ1) is 8.50. The van der Waals surface area contributed by atoms with Gasteiger partial charge in [-0.15, -0.1) is 0 Å². The van der Waals surface area contributed by atoms with Crippen LogP contribution in [0.2, 0.25) is 0 Å². The van der Waals surface area contributed by atoms with Crippen molar-refractivity contribution in [3.05, 3.63) is 18.0 Å². The van der Waals surface area contributed by atoms with Gasteiger partial charge in [0.15, 0.2) is 5.79 Å². The minimum atomic E-state index is -0.540. The predicted molar refractivity (Wildman–Crippen MR) is 63.1 cm³/mol. The van der Waals surface area contributed by atoms with E-state index in [1.54, 1.807) is 17.8 Å². The molecule has 2 rings (SSSR count). The zero-order valence-electron chi connectivity index (χ0n) is 10.9. The summed E-state index contributed by atoms with van der Waals surface area (Å²) in [4.78, 5) is 11.5. The lowest BCUT2D eigenvalue weighted by molar-refractivity contribution is -0.139. The van der Waals surface area contributed by atoms with Gasteiger partial charge in [0.25, 0.3) is 0 Å². The van der Waals surface area contributed by atoms with Gasteiger partial charge in [0.1, 0.15) is 6.10 Å². The fraction of sp³-hybridized carbons (Fsp3) is 0.667. The van der Waals surface area contributed by atoms with Crippen molar-refractivity contribution in [1.82, 2.24) is 9.78 Å². The van der Waals surface area contributed by atoms with Gasteiger partial charge in [-0.2, -0.15) is 5.10 Å². The van der Waals surface area contributed by atoms with Crippen molar-refractivity contribution in [2.24, 2.45) is 0 Å². The van der Waals surface area contributed by atoms with Crippen molar-refractivity contribution >= 4 is 5.97 Å². The molecule has 1 aliphatic heterocycles. The van der Waals surface area contributed by atoms with Crippen LogP contribution in [0, 0.1) is 0 Å². The van der Waals surface area contributed by atoms with Crippen LogP contribution in [0.4, 0.5) is 0 Å². The van der Waals surface area contributed by atoms with Crippen molar-refractivity contribution in [3.8, 4) is 0 Å². The molecule has 0 spiro atoms. The Bertz CT molecular complexity index is 427. The molecule has 100 valence electrons. The highest BCUT2D eigenvalue weighted by atomic mass is 16.7. The lowest BCUT2D eigenvalue weighted by Crippen LogP contribution is -2.24. The summed E-state index contributed by atoms with van der Waals surface area (Å²) in [6.07, 6.45) is 3.11. The van der Waals surface area contributed by atoms with Gasteiger partial charge >= 0.3 is 5.97 Å². The lowest BCUT2D eigenvalue weighted by atomic mass is 10.3. The second-order valence-electron chi connectivity index (χ2n) is 4.62. The maximum absolute atomic E-state index is 11.5. The van der Waals surface area contributed by atoms with Gasteiger partial charge in [0, 0.05) is 6.20 Å². The molecular formula is C12H18N2O4. The molecular weight excluding hydrogens is 236 g/mol. The maximum atomic E-state index is 11.5. The average Bonchev–Trinajstić information content (AvgIpc) is 2.86. The largest absolute Gasteiger partial charge is 0.462 e. The van der Waals surface area contributed by atoms with Gasteiger partial charge in [-0.05, 0) is 20.8 Å². The number of rotatable bonds is 4. The van der Waals surface area contributed by atoms with Crippen LogP contribution < -0.4 is 0 Å². The van der Waals surface area contributed by atoms with E-state index in [4.69, 9.17) is 14.2 Å². The van der Waals surface area contributed by atoms with Crippen LogP contribution in [0.1, 0.15) is 31.1 Å². The molecule has 6 nitrogen and oxygen atoms in total. The highest BCUT2D eigenvalue weighted by Gasteiger charge is 2.32. The average molecular weight is 254 g/mol. The first kappa shape index (κ1) is 13.0. The fourth-order valence-corrected chi connectivity index (χ4v) is 1.84. The summed E-state index contributed by atoms with van der Waals surface area (Å²) in [5, 5.41) is 4.11. The van der Waals surface area contributed by atoms with Crippen LogP contribution >= 0.6 is 0 Å². The zero-order valence-corrected chi connectivity index (χ0v) is 10.9. The van der Waals surface area contributed by atoms with E-state index in [1.807, 2.05) is 13.8 Å². The molecule has 0 bridgehead atoms. The third-order valence-corrected chi connectivity index (χ3v) is 2.60. The number of carbonyl (C=O) groups is 1. The molecule has 0 aliphatic carbocycles. The molecule has 2 heterocycles. The molecule has 18 heavy (non-hydrogen) atoms. The Balaban J connectivity index is 1.93. The highest BCUT2D eigenvalue weighted by Crippen LogP contribution is 2.23. The van der Waals surface area contributed by atoms with E-state index in [1.165, 1.54) is 6.20 Å². The molecule has 0 radical (unpaired) electrons. The molecule has 1 aromatic heterocycles. The molecule has 1 saturated heterocycles. The Morgan fingerprint density at radius 1 is 1.67 bits per heavy atom. The molecule has 1 atom stereocenters. The number of aromatic nitrogens is 2. The number of ether oxygens (including phenoxy) is 3. The molecule has 6 heteroatoms. The second kappa shape index (κ2) is 5.07. The predicted octanol–water partition coefficient (Wildman–Crippen LogP) is 1.21. The molecule has 1 aromatic rings. The van der Waals surface area contributed by atoms with Crippen molar-refractivity contribution < 1.29 is 19.0 Å². The molecule has 0 N–H and O–H groups in total. The first-order valence-electron chi connectivity index (χ1n) is 6.01. The van der Waals surface area contributed by atoms with Gasteiger partial charge in [-0.3, -0.25) is 4.68 Å². The number of hydrogen-bond acceptors (Lipinski definition) is 5. The number of esters is 1. The lowest BCUT2D eigenvalue weighted by Gasteiger charge is -2.16. The van der Waals surface area contributed by atoms with E-state index in [9.17, 15) is 4.79 Å². The Labute approximate surface area is 106 Å². The van der Waals surface area contributed by atoms with Crippen LogP contribution in [0.15, 0.2) is 12.4 Å². The number of nitrogens with zero attached hydrogens (tertiary/aromatic N) is 2. The third kappa shape index (κ3) is 3.08. The molecule has 0 saturated carbocycles. The van der Waals surface area contributed by atoms with Gasteiger partial charge in [-0.1, -0.05) is 0 Å². The quantitative estimate of drug-likeness (QED) is 0.756. The minimum absolute atomic E-state index is 0.0463. The molecule has 1 fully saturated rings. The smallest absolute Gasteiger partial charge is 0.341 e. The highest BCUT2D eigenvalue weighted by molar-refractivity contribution is 5.88. The monoisotopic (exact) mass is 254 g/mol. The normalized spacial score (nSPS) is 22.1. The fourth-order valence-electron chi connectivity index (χ4n) is 1.84. The van der Waals surface area contributed by atoms with Crippen LogP contribution in [0.3, 0.4) is 0 Å². The number of carbonyl (C=O) groups excluding carboxylic acids is 1. The van der Waals surface area contributed by atoms with E-state index < -0.39 is 5.79 Å². The molecule has 1 unspecified atom stereocenters. The van der Waals surface area contributed by atoms with Crippen molar-refractivity contribution in [3.63, 3.8) is 0 Å². The van der Waals surface area contributed by atoms with Crippen LogP contribution in [-0.4, -0.2) is 40.9 Å². The van der Waals surface area contributed by atoms with Crippen LogP contribution in [0.25, 0.3) is 0 Å². The van der Waals surface area contributed by atoms with E-state index in [0.29, 0.717) is 25.3 Å². The van der Waals surface area contributed by atoms with Crippen LogP contribution in [0.5, 0.6) is 0 Å². The second-order valence-corrected chi connectivity index (χ2v) is 4.62. The van der Waals surface area contributed by atoms with E-state index >= 15 is 0 Å². The topological polar surface area (TPSA) is 62.6 Å². The summed E-state index contributed by atoms with van der Waals surface area (Å²) in [7, 11) is 0. The maximum Gasteiger partial charge on any atom is 0.341 e. The van der Waals surface area contributed by atoms with E-state index in [-0.39, 0.29) is 12.1 Å². The number of hydrogen-bond donors (Lipinski definition) is 0. The summed E-state index contributed by atoms with van der Waals surface area (Å²) in [5.74, 6) is -0.894. The van der Waals surface area contributed by atoms with Gasteiger partial charge in [0.2, 0.25) is 0 Å². The summed E-state index contributed by atoms with van der Waals surface area (Å²) in [6.45, 7) is 6.97. The summed E-state index contributed by atoms with van der Waals surface area (Å²) >= 11 is 0. The summed E-state index contributed by atoms with van der Waals surface area (Å²) in [5.41, 5.74) is 0.454. The molecule has 0 aromatic carbocycles. The zero-order chi connectivity index (χ0) is 13.2. The van der Waals surface area contributed by atoms with Gasteiger partial charge < -0.3 is 14.2 Å². The Morgan fingerprint density at radius 3 is 3.06 bits per heavy atom. The Kier molecular flexibility index (Phi) is 3.68. The standard InChI is InChI=1S/C12H18N2O4/c1-4-16-11(15)9-5-13-14(6-9)7-10-8-17-12(2,3)18-10/h5-6,10H,4,7-8H2,1-3H3. The molecule has 1 aliphatic rings. The minimum Gasteiger partial charge on any atom is -0.462 e. The van der Waals surface area contributed by atoms with Crippen molar-refractivity contribution in [1.29, 1.82) is 0 Å². The first-order valence-corrected chi connectivity index (χ1v) is 6.01. The summed E-state index contributed by atoms with van der Waals surface area (Å²) in [6, 6.07) is 0. The van der Waals surface area contributed by atoms with Gasteiger partial charge in [0.05, 0.1) is 31.5 Å². The Hall–Kier alpha value is -1.40. The van der Waals surface area contributed by atoms with Crippen molar-refractivity contribution in [2.75, 3.05) is 13.2 Å². The molecule has 0 amide bonds. The SMILES string of the molecule is CCOC(=O)c1cnn(CC2COC(C)(C)O2)c1. The van der Waals surface area contributed by atoms with Crippen molar-refractivity contribution in [2.45, 2.75) is 39.2 Å². The third-order valence-electron chi connectivity index (χ3n) is 2.60. The van der Waals surface area contributed by atoms with E-state index in [2.05, 4.69) is 5.10 Å². The van der Waals surface area contributed by atoms with Gasteiger partial charge in [-0.25, -0.2) is 4.79 Å².